The van der Waals surface area contributed by atoms with Gasteiger partial charge in [0, 0.05) is 32.6 Å². The Kier molecular flexibility index (Phi) is 5.92. The van der Waals surface area contributed by atoms with Gasteiger partial charge in [-0.15, -0.1) is 0 Å². The Bertz CT molecular complexity index is 1060. The number of benzene rings is 2. The number of nitrogens with zero attached hydrogens (tertiary/aromatic N) is 3. The highest BCUT2D eigenvalue weighted by molar-refractivity contribution is 6.13. The zero-order chi connectivity index (χ0) is 22.9. The normalized spacial score (nSPS) is 21.2. The van der Waals surface area contributed by atoms with Crippen molar-refractivity contribution in [2.75, 3.05) is 26.7 Å². The summed E-state index contributed by atoms with van der Waals surface area (Å²) in [4.78, 5) is 27.7. The minimum Gasteiger partial charge on any atom is -0.488 e. The van der Waals surface area contributed by atoms with Crippen LogP contribution in [0.2, 0.25) is 0 Å². The van der Waals surface area contributed by atoms with E-state index in [-0.39, 0.29) is 24.8 Å². The van der Waals surface area contributed by atoms with Gasteiger partial charge < -0.3 is 15.4 Å². The standard InChI is InChI=1S/C23H24F2N4O3/c1-28-22(31)23(12-15-5-3-2-4-6-15)14-29(10-9-20(23)27-28)21(30)18(26)13-32-19-8-7-16(24)11-17(19)25/h2-8,11,18H,9-10,12-14,26H2,1H3. The summed E-state index contributed by atoms with van der Waals surface area (Å²) in [5, 5.41) is 5.77. The highest BCUT2D eigenvalue weighted by atomic mass is 19.1. The molecule has 1 fully saturated rings. The van der Waals surface area contributed by atoms with Gasteiger partial charge in [0.05, 0.1) is 5.71 Å². The van der Waals surface area contributed by atoms with Crippen LogP contribution in [0.15, 0.2) is 53.6 Å². The lowest BCUT2D eigenvalue weighted by Crippen LogP contribution is -2.58. The second-order valence-electron chi connectivity index (χ2n) is 8.12. The molecule has 0 spiro atoms. The molecular formula is C23H24F2N4O3. The molecule has 0 aliphatic carbocycles. The first-order valence-electron chi connectivity index (χ1n) is 10.3. The molecule has 1 saturated heterocycles. The van der Waals surface area contributed by atoms with Gasteiger partial charge in [-0.05, 0) is 24.1 Å². The Labute approximate surface area is 184 Å². The maximum absolute atomic E-state index is 13.8. The zero-order valence-corrected chi connectivity index (χ0v) is 17.6. The van der Waals surface area contributed by atoms with E-state index in [1.165, 1.54) is 5.01 Å². The summed E-state index contributed by atoms with van der Waals surface area (Å²) < 4.78 is 32.1. The first-order valence-corrected chi connectivity index (χ1v) is 10.3. The van der Waals surface area contributed by atoms with Crippen LogP contribution in [0.1, 0.15) is 12.0 Å². The average Bonchev–Trinajstić information content (AvgIpc) is 3.02. The number of carbonyl (C=O) groups is 2. The van der Waals surface area contributed by atoms with Crippen LogP contribution in [0.25, 0.3) is 0 Å². The number of carbonyl (C=O) groups excluding carboxylic acids is 2. The van der Waals surface area contributed by atoms with Crippen LogP contribution in [-0.4, -0.2) is 60.2 Å². The second kappa shape index (κ2) is 8.66. The molecule has 0 bridgehead atoms. The summed E-state index contributed by atoms with van der Waals surface area (Å²) >= 11 is 0. The molecule has 2 atom stereocenters. The van der Waals surface area contributed by atoms with E-state index >= 15 is 0 Å². The quantitative estimate of drug-likeness (QED) is 0.741. The number of fused-ring (bicyclic) bond motifs is 1. The summed E-state index contributed by atoms with van der Waals surface area (Å²) in [5.74, 6) is -2.34. The number of amides is 2. The molecule has 2 unspecified atom stereocenters. The van der Waals surface area contributed by atoms with E-state index in [2.05, 4.69) is 5.10 Å². The maximum atomic E-state index is 13.8. The average molecular weight is 442 g/mol. The van der Waals surface area contributed by atoms with Gasteiger partial charge in [-0.2, -0.15) is 5.10 Å². The summed E-state index contributed by atoms with van der Waals surface area (Å²) in [7, 11) is 1.61. The number of hydrogen-bond donors (Lipinski definition) is 1. The number of likely N-dealkylation sites (tertiary alicyclic amines) is 1. The van der Waals surface area contributed by atoms with Gasteiger partial charge in [-0.1, -0.05) is 30.3 Å². The van der Waals surface area contributed by atoms with Crippen molar-refractivity contribution in [1.29, 1.82) is 0 Å². The third kappa shape index (κ3) is 4.08. The molecule has 7 nitrogen and oxygen atoms in total. The van der Waals surface area contributed by atoms with E-state index in [9.17, 15) is 18.4 Å². The fourth-order valence-corrected chi connectivity index (χ4v) is 4.29. The van der Waals surface area contributed by atoms with E-state index in [4.69, 9.17) is 10.5 Å². The molecule has 32 heavy (non-hydrogen) atoms. The van der Waals surface area contributed by atoms with Gasteiger partial charge in [0.15, 0.2) is 11.6 Å². The molecule has 0 aromatic heterocycles. The van der Waals surface area contributed by atoms with Crippen molar-refractivity contribution >= 4 is 17.5 Å². The van der Waals surface area contributed by atoms with E-state index in [0.717, 1.165) is 23.4 Å². The van der Waals surface area contributed by atoms with Crippen LogP contribution < -0.4 is 10.5 Å². The molecule has 2 aromatic carbocycles. The Hall–Kier alpha value is -3.33. The lowest BCUT2D eigenvalue weighted by Gasteiger charge is -2.40. The van der Waals surface area contributed by atoms with Crippen LogP contribution in [0.3, 0.4) is 0 Å². The smallest absolute Gasteiger partial charge is 0.256 e. The first kappa shape index (κ1) is 21.9. The fraction of sp³-hybridized carbons (Fsp3) is 0.348. The van der Waals surface area contributed by atoms with Crippen molar-refractivity contribution in [3.63, 3.8) is 0 Å². The van der Waals surface area contributed by atoms with Crippen molar-refractivity contribution in [3.05, 3.63) is 65.7 Å². The monoisotopic (exact) mass is 442 g/mol. The summed E-state index contributed by atoms with van der Waals surface area (Å²) in [6.45, 7) is 0.244. The lowest BCUT2D eigenvalue weighted by atomic mass is 9.73. The molecule has 168 valence electrons. The van der Waals surface area contributed by atoms with E-state index in [0.29, 0.717) is 25.5 Å². The topological polar surface area (TPSA) is 88.2 Å². The predicted molar refractivity (Wildman–Crippen MR) is 114 cm³/mol. The van der Waals surface area contributed by atoms with Crippen LogP contribution >= 0.6 is 0 Å². The lowest BCUT2D eigenvalue weighted by molar-refractivity contribution is -0.140. The number of nitrogens with two attached hydrogens (primary N) is 1. The third-order valence-corrected chi connectivity index (χ3v) is 5.90. The fourth-order valence-electron chi connectivity index (χ4n) is 4.29. The maximum Gasteiger partial charge on any atom is 0.256 e. The molecule has 0 radical (unpaired) electrons. The second-order valence-corrected chi connectivity index (χ2v) is 8.12. The predicted octanol–water partition coefficient (Wildman–Crippen LogP) is 1.96. The SMILES string of the molecule is CN1N=C2CCN(C(=O)C(N)COc3ccc(F)cc3F)CC2(Cc2ccccc2)C1=O. The first-order chi connectivity index (χ1) is 15.3. The largest absolute Gasteiger partial charge is 0.488 e. The highest BCUT2D eigenvalue weighted by Gasteiger charge is 2.53. The number of halogens is 2. The Balaban J connectivity index is 1.48. The third-order valence-electron chi connectivity index (χ3n) is 5.90. The minimum atomic E-state index is -1.07. The van der Waals surface area contributed by atoms with Crippen molar-refractivity contribution in [3.8, 4) is 5.75 Å². The Morgan fingerprint density at radius 2 is 2.00 bits per heavy atom. The van der Waals surface area contributed by atoms with E-state index < -0.39 is 29.0 Å². The molecular weight excluding hydrogens is 418 g/mol. The zero-order valence-electron chi connectivity index (χ0n) is 17.6. The van der Waals surface area contributed by atoms with Gasteiger partial charge in [0.25, 0.3) is 5.91 Å². The van der Waals surface area contributed by atoms with Gasteiger partial charge >= 0.3 is 0 Å². The molecule has 2 amide bonds. The summed E-state index contributed by atoms with van der Waals surface area (Å²) in [6, 6.07) is 11.4. The van der Waals surface area contributed by atoms with Crippen LogP contribution in [0.4, 0.5) is 8.78 Å². The molecule has 2 aromatic rings. The Morgan fingerprint density at radius 3 is 2.72 bits per heavy atom. The van der Waals surface area contributed by atoms with Crippen molar-refractivity contribution in [2.24, 2.45) is 16.3 Å². The molecule has 4 rings (SSSR count). The van der Waals surface area contributed by atoms with E-state index in [1.807, 2.05) is 30.3 Å². The van der Waals surface area contributed by atoms with Gasteiger partial charge in [-0.3, -0.25) is 9.59 Å². The number of piperidine rings is 1. The molecule has 9 heteroatoms. The molecule has 2 heterocycles. The van der Waals surface area contributed by atoms with Crippen molar-refractivity contribution < 1.29 is 23.1 Å². The van der Waals surface area contributed by atoms with Gasteiger partial charge in [-0.25, -0.2) is 13.8 Å². The van der Waals surface area contributed by atoms with Gasteiger partial charge in [0.2, 0.25) is 5.91 Å². The minimum absolute atomic E-state index is 0.154. The summed E-state index contributed by atoms with van der Waals surface area (Å²) in [6.07, 6.45) is 0.876. The molecule has 2 aliphatic rings. The molecule has 2 aliphatic heterocycles. The summed E-state index contributed by atoms with van der Waals surface area (Å²) in [5.41, 5.74) is 6.83. The molecule has 2 N–H and O–H groups in total. The number of rotatable bonds is 6. The molecule has 0 saturated carbocycles. The number of hydrogen-bond acceptors (Lipinski definition) is 5. The van der Waals surface area contributed by atoms with Gasteiger partial charge in [0.1, 0.15) is 23.9 Å². The Morgan fingerprint density at radius 1 is 1.25 bits per heavy atom. The number of hydrazone groups is 1. The highest BCUT2D eigenvalue weighted by Crippen LogP contribution is 2.38. The number of ether oxygens (including phenoxy) is 1. The van der Waals surface area contributed by atoms with Crippen molar-refractivity contribution in [2.45, 2.75) is 18.9 Å². The van der Waals surface area contributed by atoms with Crippen LogP contribution in [0.5, 0.6) is 5.75 Å². The van der Waals surface area contributed by atoms with Crippen LogP contribution in [-0.2, 0) is 16.0 Å². The van der Waals surface area contributed by atoms with E-state index in [1.54, 1.807) is 11.9 Å². The van der Waals surface area contributed by atoms with Crippen molar-refractivity contribution in [1.82, 2.24) is 9.91 Å². The van der Waals surface area contributed by atoms with Crippen LogP contribution in [0, 0.1) is 17.0 Å².